The van der Waals surface area contributed by atoms with E-state index in [4.69, 9.17) is 9.15 Å². The number of amides is 1. The number of ether oxygens (including phenoxy) is 1. The van der Waals surface area contributed by atoms with Crippen molar-refractivity contribution in [1.29, 1.82) is 0 Å². The van der Waals surface area contributed by atoms with Crippen molar-refractivity contribution in [2.24, 2.45) is 5.92 Å². The summed E-state index contributed by atoms with van der Waals surface area (Å²) >= 11 is 0. The highest BCUT2D eigenvalue weighted by Crippen LogP contribution is 2.43. The van der Waals surface area contributed by atoms with Crippen molar-refractivity contribution in [2.45, 2.75) is 44.0 Å². The highest BCUT2D eigenvalue weighted by Gasteiger charge is 2.56. The molecule has 2 aliphatic heterocycles. The lowest BCUT2D eigenvalue weighted by molar-refractivity contribution is -0.0749. The molecule has 3 fully saturated rings. The highest BCUT2D eigenvalue weighted by atomic mass is 16.5. The van der Waals surface area contributed by atoms with Crippen molar-refractivity contribution >= 4 is 5.91 Å². The van der Waals surface area contributed by atoms with Crippen LogP contribution in [0.5, 0.6) is 0 Å². The molecule has 0 unspecified atom stereocenters. The van der Waals surface area contributed by atoms with Gasteiger partial charge in [0, 0.05) is 24.9 Å². The first kappa shape index (κ1) is 16.1. The van der Waals surface area contributed by atoms with Crippen molar-refractivity contribution < 1.29 is 13.9 Å². The predicted octanol–water partition coefficient (Wildman–Crippen LogP) is 1.51. The maximum absolute atomic E-state index is 12.7. The first-order valence-corrected chi connectivity index (χ1v) is 9.52. The van der Waals surface area contributed by atoms with Gasteiger partial charge in [0.25, 0.3) is 5.91 Å². The number of aromatic nitrogens is 2. The molecule has 2 aromatic heterocycles. The largest absolute Gasteiger partial charge is 0.454 e. The summed E-state index contributed by atoms with van der Waals surface area (Å²) in [6.07, 6.45) is 7.39. The van der Waals surface area contributed by atoms with Crippen LogP contribution in [0.4, 0.5) is 0 Å². The van der Waals surface area contributed by atoms with Crippen LogP contribution in [-0.2, 0) is 11.3 Å². The van der Waals surface area contributed by atoms with E-state index in [-0.39, 0.29) is 18.1 Å². The molecule has 2 saturated heterocycles. The number of nitrogens with zero attached hydrogens (tertiary/aromatic N) is 3. The van der Waals surface area contributed by atoms with E-state index < -0.39 is 0 Å². The molecule has 5 rings (SSSR count). The summed E-state index contributed by atoms with van der Waals surface area (Å²) in [5, 5.41) is 7.39. The topological polar surface area (TPSA) is 72.5 Å². The maximum atomic E-state index is 12.7. The Kier molecular flexibility index (Phi) is 4.05. The van der Waals surface area contributed by atoms with Crippen molar-refractivity contribution in [3.63, 3.8) is 0 Å². The zero-order chi connectivity index (χ0) is 17.5. The number of furan rings is 1. The van der Waals surface area contributed by atoms with Gasteiger partial charge in [0.15, 0.2) is 5.76 Å². The van der Waals surface area contributed by atoms with E-state index in [0.717, 1.165) is 31.9 Å². The molecule has 1 saturated carbocycles. The summed E-state index contributed by atoms with van der Waals surface area (Å²) < 4.78 is 13.4. The molecule has 26 heavy (non-hydrogen) atoms. The Morgan fingerprint density at radius 3 is 3.00 bits per heavy atom. The van der Waals surface area contributed by atoms with Crippen LogP contribution in [0.25, 0.3) is 0 Å². The molecule has 2 aromatic rings. The number of nitrogens with one attached hydrogen (secondary N) is 1. The molecule has 1 aliphatic carbocycles. The van der Waals surface area contributed by atoms with Gasteiger partial charge >= 0.3 is 0 Å². The van der Waals surface area contributed by atoms with E-state index in [9.17, 15) is 4.79 Å². The number of hydrogen-bond acceptors (Lipinski definition) is 5. The Morgan fingerprint density at radius 1 is 1.31 bits per heavy atom. The van der Waals surface area contributed by atoms with Crippen LogP contribution in [0.15, 0.2) is 35.0 Å². The molecule has 0 aromatic carbocycles. The number of rotatable bonds is 5. The Bertz CT molecular complexity index is 761. The second-order valence-electron chi connectivity index (χ2n) is 7.49. The molecule has 138 valence electrons. The third kappa shape index (κ3) is 2.75. The van der Waals surface area contributed by atoms with Gasteiger partial charge in [-0.25, -0.2) is 0 Å². The van der Waals surface area contributed by atoms with Crippen LogP contribution in [0.1, 0.15) is 35.6 Å². The fourth-order valence-corrected chi connectivity index (χ4v) is 4.70. The average Bonchev–Trinajstić information content (AvgIpc) is 3.42. The van der Waals surface area contributed by atoms with Gasteiger partial charge in [0.2, 0.25) is 0 Å². The quantitative estimate of drug-likeness (QED) is 0.879. The van der Waals surface area contributed by atoms with Crippen molar-refractivity contribution in [2.75, 3.05) is 19.7 Å². The van der Waals surface area contributed by atoms with Gasteiger partial charge in [-0.05, 0) is 50.6 Å². The summed E-state index contributed by atoms with van der Waals surface area (Å²) in [7, 11) is 0. The van der Waals surface area contributed by atoms with Gasteiger partial charge in [0.1, 0.15) is 5.76 Å². The monoisotopic (exact) mass is 356 g/mol. The van der Waals surface area contributed by atoms with Crippen molar-refractivity contribution in [3.05, 3.63) is 42.1 Å². The molecular formula is C19H24N4O3. The Morgan fingerprint density at radius 2 is 2.19 bits per heavy atom. The molecule has 7 nitrogen and oxygen atoms in total. The van der Waals surface area contributed by atoms with Crippen LogP contribution in [0.2, 0.25) is 0 Å². The summed E-state index contributed by atoms with van der Waals surface area (Å²) in [6, 6.07) is 5.93. The van der Waals surface area contributed by atoms with Gasteiger partial charge in [-0.3, -0.25) is 14.4 Å². The Balaban J connectivity index is 1.26. The van der Waals surface area contributed by atoms with E-state index in [1.54, 1.807) is 16.9 Å². The summed E-state index contributed by atoms with van der Waals surface area (Å²) in [4.78, 5) is 15.2. The lowest BCUT2D eigenvalue weighted by Crippen LogP contribution is -2.70. The number of likely N-dealkylation sites (tertiary alicyclic amines) is 1. The minimum Gasteiger partial charge on any atom is -0.454 e. The molecule has 4 heterocycles. The highest BCUT2D eigenvalue weighted by molar-refractivity contribution is 5.91. The van der Waals surface area contributed by atoms with Crippen LogP contribution >= 0.6 is 0 Å². The molecule has 0 spiro atoms. The van der Waals surface area contributed by atoms with Crippen LogP contribution in [0, 0.1) is 5.92 Å². The zero-order valence-corrected chi connectivity index (χ0v) is 14.7. The second-order valence-corrected chi connectivity index (χ2v) is 7.49. The Hall–Kier alpha value is -2.12. The van der Waals surface area contributed by atoms with Crippen molar-refractivity contribution in [1.82, 2.24) is 20.0 Å². The minimum atomic E-state index is -0.128. The molecule has 3 aliphatic rings. The SMILES string of the molecule is O=C(N[C@H]1[C@H]2CCO[C@H]2[C@@H]1N1CCCC1)c1ccc(Cn2cccn2)o1. The van der Waals surface area contributed by atoms with Gasteiger partial charge in [-0.1, -0.05) is 0 Å². The molecule has 4 atom stereocenters. The first-order valence-electron chi connectivity index (χ1n) is 9.52. The van der Waals surface area contributed by atoms with Gasteiger partial charge in [0.05, 0.1) is 24.7 Å². The van der Waals surface area contributed by atoms with E-state index in [0.29, 0.717) is 24.3 Å². The molecule has 1 N–H and O–H groups in total. The van der Waals surface area contributed by atoms with Gasteiger partial charge < -0.3 is 14.5 Å². The van der Waals surface area contributed by atoms with Gasteiger partial charge in [-0.2, -0.15) is 5.10 Å². The van der Waals surface area contributed by atoms with E-state index in [2.05, 4.69) is 15.3 Å². The Labute approximate surface area is 152 Å². The fourth-order valence-electron chi connectivity index (χ4n) is 4.70. The van der Waals surface area contributed by atoms with Crippen LogP contribution < -0.4 is 5.32 Å². The number of hydrogen-bond donors (Lipinski definition) is 1. The van der Waals surface area contributed by atoms with E-state index in [1.165, 1.54) is 12.8 Å². The molecule has 0 bridgehead atoms. The van der Waals surface area contributed by atoms with Crippen molar-refractivity contribution in [3.8, 4) is 0 Å². The normalized spacial score (nSPS) is 30.9. The number of carbonyl (C=O) groups excluding carboxylic acids is 1. The third-order valence-electron chi connectivity index (χ3n) is 5.97. The lowest BCUT2D eigenvalue weighted by Gasteiger charge is -2.51. The van der Waals surface area contributed by atoms with Crippen LogP contribution in [-0.4, -0.2) is 58.5 Å². The summed E-state index contributed by atoms with van der Waals surface area (Å²) in [5.74, 6) is 1.40. The van der Waals surface area contributed by atoms with E-state index in [1.807, 2.05) is 18.3 Å². The smallest absolute Gasteiger partial charge is 0.287 e. The molecule has 7 heteroatoms. The first-order chi connectivity index (χ1) is 12.8. The summed E-state index contributed by atoms with van der Waals surface area (Å²) in [6.45, 7) is 3.55. The standard InChI is InChI=1S/C19H24N4O3/c24-19(15-5-4-13(26-15)12-23-10-3-7-20-23)21-16-14-6-11-25-18(14)17(16)22-8-1-2-9-22/h3-5,7,10,14,16-18H,1-2,6,8-9,11-12H2,(H,21,24)/t14-,16+,17-,18-/m1/s1. The third-order valence-corrected chi connectivity index (χ3v) is 5.97. The lowest BCUT2D eigenvalue weighted by atomic mass is 9.70. The maximum Gasteiger partial charge on any atom is 0.287 e. The fraction of sp³-hybridized carbons (Fsp3) is 0.579. The molecule has 0 radical (unpaired) electrons. The van der Waals surface area contributed by atoms with Gasteiger partial charge in [-0.15, -0.1) is 0 Å². The second kappa shape index (κ2) is 6.55. The predicted molar refractivity (Wildman–Crippen MR) is 93.7 cm³/mol. The summed E-state index contributed by atoms with van der Waals surface area (Å²) in [5.41, 5.74) is 0. The molecular weight excluding hydrogens is 332 g/mol. The number of carbonyl (C=O) groups is 1. The molecule has 1 amide bonds. The average molecular weight is 356 g/mol. The van der Waals surface area contributed by atoms with Crippen LogP contribution in [0.3, 0.4) is 0 Å². The zero-order valence-electron chi connectivity index (χ0n) is 14.7. The van der Waals surface area contributed by atoms with E-state index >= 15 is 0 Å². The number of fused-ring (bicyclic) bond motifs is 1. The minimum absolute atomic E-state index is 0.128.